The van der Waals surface area contributed by atoms with Gasteiger partial charge in [-0.05, 0) is 40.0 Å². The van der Waals surface area contributed by atoms with Crippen molar-refractivity contribution in [1.29, 1.82) is 0 Å². The molecule has 0 spiro atoms. The molecule has 0 bridgehead atoms. The smallest absolute Gasteiger partial charge is 0.340 e. The Balaban J connectivity index is -0.000000133. The number of cyclic esters (lactones) is 1. The van der Waals surface area contributed by atoms with E-state index in [0.717, 1.165) is 16.7 Å². The molecule has 0 N–H and O–H groups in total. The minimum atomic E-state index is -0.865. The molecular weight excluding hydrogens is 1570 g/mol. The standard InChI is InChI=1S/C20H14O2.C18H20.9C6H6.C6H14.15C2H6/c21-19-17-13-7-8-14-18(17)20(22-19,15-9-3-1-4-10-15)16-11-5-2-6-12-16;1-17(2)13-18(3,14-9-5-4-6-10-14)16-12-8-7-11-15(16)17;9*1-2-4-6-5-3-1;1-5-6(2,3)4;15*1-2/h1-14H;4-12H,13H2,1-3H3;9*1-6H;5H2,1-4H3;15*1-2H3. The van der Waals surface area contributed by atoms with Gasteiger partial charge < -0.3 is 4.74 Å². The number of esters is 1. The van der Waals surface area contributed by atoms with Gasteiger partial charge in [-0.25, -0.2) is 4.79 Å². The quantitative estimate of drug-likeness (QED) is 0.165. The zero-order valence-corrected chi connectivity index (χ0v) is 89.7. The van der Waals surface area contributed by atoms with Gasteiger partial charge in [0.25, 0.3) is 0 Å². The van der Waals surface area contributed by atoms with Crippen molar-refractivity contribution in [3.05, 3.63) is 506 Å². The van der Waals surface area contributed by atoms with Crippen LogP contribution in [-0.2, 0) is 21.2 Å². The molecule has 16 rings (SSSR count). The molecule has 0 aromatic heterocycles. The van der Waals surface area contributed by atoms with E-state index in [9.17, 15) is 4.79 Å². The van der Waals surface area contributed by atoms with Crippen LogP contribution in [0.15, 0.2) is 467 Å². The predicted molar refractivity (Wildman–Crippen MR) is 600 cm³/mol. The fourth-order valence-electron chi connectivity index (χ4n) is 10.3. The lowest BCUT2D eigenvalue weighted by molar-refractivity contribution is 0.0251. The van der Waals surface area contributed by atoms with Crippen LogP contribution in [0.2, 0.25) is 0 Å². The molecule has 2 nitrogen and oxygen atoms in total. The van der Waals surface area contributed by atoms with Gasteiger partial charge in [-0.1, -0.05) is 724 Å². The molecule has 1 aliphatic carbocycles. The van der Waals surface area contributed by atoms with Gasteiger partial charge in [-0.2, -0.15) is 0 Å². The highest BCUT2D eigenvalue weighted by atomic mass is 16.6. The van der Waals surface area contributed by atoms with Crippen molar-refractivity contribution in [3.63, 3.8) is 0 Å². The first-order chi connectivity index (χ1) is 63.9. The minimum absolute atomic E-state index is 0.154. The molecule has 2 aliphatic rings. The highest BCUT2D eigenvalue weighted by Gasteiger charge is 2.48. The summed E-state index contributed by atoms with van der Waals surface area (Å²) in [6, 6.07) is 155. The van der Waals surface area contributed by atoms with Crippen molar-refractivity contribution in [2.45, 2.75) is 285 Å². The van der Waals surface area contributed by atoms with Gasteiger partial charge >= 0.3 is 5.97 Å². The number of carbonyl (C=O) groups excluding carboxylic acids is 1. The topological polar surface area (TPSA) is 26.3 Å². The number of ether oxygens (including phenoxy) is 1. The highest BCUT2D eigenvalue weighted by Crippen LogP contribution is 2.52. The van der Waals surface area contributed by atoms with Gasteiger partial charge in [-0.15, -0.1) is 0 Å². The molecule has 14 aromatic rings. The van der Waals surface area contributed by atoms with Crippen LogP contribution in [0.1, 0.15) is 313 Å². The van der Waals surface area contributed by atoms with E-state index in [2.05, 4.69) is 103 Å². The van der Waals surface area contributed by atoms with Crippen molar-refractivity contribution in [2.75, 3.05) is 0 Å². The molecular formula is C128H192O2. The fourth-order valence-corrected chi connectivity index (χ4v) is 10.3. The number of carbonyl (C=O) groups is 1. The molecule has 1 aliphatic heterocycles. The molecule has 0 fully saturated rings. The van der Waals surface area contributed by atoms with Gasteiger partial charge in [-0.3, -0.25) is 0 Å². The van der Waals surface area contributed by atoms with Gasteiger partial charge in [0, 0.05) is 22.1 Å². The van der Waals surface area contributed by atoms with Crippen molar-refractivity contribution in [2.24, 2.45) is 5.41 Å². The lowest BCUT2D eigenvalue weighted by Gasteiger charge is -2.30. The van der Waals surface area contributed by atoms with Crippen LogP contribution in [0.5, 0.6) is 0 Å². The Kier molecular flexibility index (Phi) is 128. The Morgan fingerprint density at radius 1 is 0.208 bits per heavy atom. The number of benzene rings is 14. The molecule has 2 heteroatoms. The summed E-state index contributed by atoms with van der Waals surface area (Å²) >= 11 is 0. The summed E-state index contributed by atoms with van der Waals surface area (Å²) in [5.74, 6) is -0.275. The number of rotatable bonds is 3. The second-order valence-corrected chi connectivity index (χ2v) is 25.0. The lowest BCUT2D eigenvalue weighted by atomic mass is 9.75. The second kappa shape index (κ2) is 118. The maximum atomic E-state index is 12.4. The lowest BCUT2D eigenvalue weighted by Crippen LogP contribution is -2.29. The Bertz CT molecular complexity index is 3360. The third-order valence-electron chi connectivity index (χ3n) is 15.7. The van der Waals surface area contributed by atoms with Gasteiger partial charge in [0.2, 0.25) is 0 Å². The van der Waals surface area contributed by atoms with Crippen LogP contribution in [-0.4, -0.2) is 5.97 Å². The summed E-state index contributed by atoms with van der Waals surface area (Å²) in [4.78, 5) is 12.4. The first kappa shape index (κ1) is 142. The van der Waals surface area contributed by atoms with Gasteiger partial charge in [0.15, 0.2) is 5.60 Å². The first-order valence-corrected chi connectivity index (χ1v) is 49.5. The van der Waals surface area contributed by atoms with Crippen LogP contribution in [0.25, 0.3) is 0 Å². The van der Waals surface area contributed by atoms with Crippen molar-refractivity contribution < 1.29 is 9.53 Å². The molecule has 716 valence electrons. The number of hydrogen-bond donors (Lipinski definition) is 0. The summed E-state index contributed by atoms with van der Waals surface area (Å²) in [6.07, 6.45) is 2.45. The van der Waals surface area contributed by atoms with Crippen molar-refractivity contribution in [3.8, 4) is 0 Å². The van der Waals surface area contributed by atoms with E-state index in [-0.39, 0.29) is 16.8 Å². The largest absolute Gasteiger partial charge is 0.441 e. The fraction of sp³-hybridized carbons (Fsp3) is 0.336. The van der Waals surface area contributed by atoms with Gasteiger partial charge in [0.05, 0.1) is 5.56 Å². The molecule has 0 amide bonds. The van der Waals surface area contributed by atoms with Crippen LogP contribution in [0.4, 0.5) is 0 Å². The minimum Gasteiger partial charge on any atom is -0.441 e. The van der Waals surface area contributed by atoms with E-state index >= 15 is 0 Å². The van der Waals surface area contributed by atoms with E-state index in [0.29, 0.717) is 11.0 Å². The second-order valence-electron chi connectivity index (χ2n) is 25.0. The Morgan fingerprint density at radius 2 is 0.346 bits per heavy atom. The third kappa shape index (κ3) is 76.6. The molecule has 14 aromatic carbocycles. The zero-order chi connectivity index (χ0) is 101. The average molecular weight is 1760 g/mol. The Labute approximate surface area is 807 Å². The molecule has 1 heterocycles. The number of hydrogen-bond acceptors (Lipinski definition) is 2. The first-order valence-electron chi connectivity index (χ1n) is 49.5. The van der Waals surface area contributed by atoms with E-state index in [4.69, 9.17) is 4.74 Å². The predicted octanol–water partition coefficient (Wildman–Crippen LogP) is 41.8. The maximum absolute atomic E-state index is 12.4. The highest BCUT2D eigenvalue weighted by molar-refractivity contribution is 5.96. The van der Waals surface area contributed by atoms with Crippen molar-refractivity contribution >= 4 is 5.97 Å². The zero-order valence-electron chi connectivity index (χ0n) is 89.7. The third-order valence-corrected chi connectivity index (χ3v) is 15.7. The molecule has 0 radical (unpaired) electrons. The van der Waals surface area contributed by atoms with Crippen molar-refractivity contribution in [1.82, 2.24) is 0 Å². The molecule has 1 unspecified atom stereocenters. The van der Waals surface area contributed by atoms with E-state index in [1.165, 1.54) is 29.5 Å². The molecule has 0 saturated heterocycles. The van der Waals surface area contributed by atoms with Crippen LogP contribution in [0.3, 0.4) is 0 Å². The molecule has 1 atom stereocenters. The van der Waals surface area contributed by atoms with Crippen LogP contribution in [0, 0.1) is 5.41 Å². The summed E-state index contributed by atoms with van der Waals surface area (Å²) in [7, 11) is 0. The van der Waals surface area contributed by atoms with Gasteiger partial charge in [0.1, 0.15) is 0 Å². The monoisotopic (exact) mass is 1760 g/mol. The van der Waals surface area contributed by atoms with E-state index in [1.54, 1.807) is 0 Å². The van der Waals surface area contributed by atoms with E-state index in [1.807, 2.05) is 620 Å². The molecule has 130 heavy (non-hydrogen) atoms. The summed E-state index contributed by atoms with van der Waals surface area (Å²) in [5, 5.41) is 0. The normalized spacial score (nSPS) is 10.6. The molecule has 0 saturated carbocycles. The Hall–Kier alpha value is -11.5. The summed E-state index contributed by atoms with van der Waals surface area (Å²) in [5.41, 5.74) is 7.99. The van der Waals surface area contributed by atoms with Crippen LogP contribution >= 0.6 is 0 Å². The van der Waals surface area contributed by atoms with E-state index < -0.39 is 5.60 Å². The summed E-state index contributed by atoms with van der Waals surface area (Å²) in [6.45, 7) is 76.0. The SMILES string of the molecule is CC.CC.CC.CC.CC.CC.CC.CC.CC.CC.CC.CC.CC.CC.CC.CC1(C)CC(C)(c2ccccc2)c2ccccc21.CCC(C)(C)C.O=C1OC(c2ccccc2)(c2ccccc2)c2ccccc21.c1ccccc1.c1ccccc1.c1ccccc1.c1ccccc1.c1ccccc1.c1ccccc1.c1ccccc1.c1ccccc1.c1ccccc1. The Morgan fingerprint density at radius 3 is 0.523 bits per heavy atom. The number of fused-ring (bicyclic) bond motifs is 2. The van der Waals surface area contributed by atoms with Crippen LogP contribution < -0.4 is 0 Å². The maximum Gasteiger partial charge on any atom is 0.340 e. The average Bonchev–Trinajstić information content (AvgIpc) is 1.46. The summed E-state index contributed by atoms with van der Waals surface area (Å²) < 4.78 is 5.95.